The van der Waals surface area contributed by atoms with Crippen LogP contribution < -0.4 is 10.7 Å². The molecule has 118 valence electrons. The number of aromatic carboxylic acids is 1. The van der Waals surface area contributed by atoms with Crippen molar-refractivity contribution in [2.75, 3.05) is 5.32 Å². The lowest BCUT2D eigenvalue weighted by Crippen LogP contribution is -2.24. The minimum Gasteiger partial charge on any atom is -0.478 e. The Bertz CT molecular complexity index is 755. The highest BCUT2D eigenvalue weighted by molar-refractivity contribution is 7.80. The molecule has 0 aliphatic carbocycles. The predicted molar refractivity (Wildman–Crippen MR) is 96.3 cm³/mol. The van der Waals surface area contributed by atoms with Gasteiger partial charge in [0.1, 0.15) is 0 Å². The smallest absolute Gasteiger partial charge is 0.335 e. The van der Waals surface area contributed by atoms with Gasteiger partial charge in [0.05, 0.1) is 11.8 Å². The molecule has 2 aromatic carbocycles. The van der Waals surface area contributed by atoms with Gasteiger partial charge in [0.2, 0.25) is 0 Å². The number of nitrogens with one attached hydrogen (secondary N) is 2. The van der Waals surface area contributed by atoms with E-state index in [1.54, 1.807) is 18.3 Å². The van der Waals surface area contributed by atoms with Crippen molar-refractivity contribution >= 4 is 35.2 Å². The van der Waals surface area contributed by atoms with Gasteiger partial charge in [-0.3, -0.25) is 5.43 Å². The van der Waals surface area contributed by atoms with Crippen molar-refractivity contribution in [2.45, 2.75) is 13.8 Å². The Morgan fingerprint density at radius 2 is 1.87 bits per heavy atom. The molecular weight excluding hydrogens is 310 g/mol. The monoisotopic (exact) mass is 327 g/mol. The highest BCUT2D eigenvalue weighted by Gasteiger charge is 2.01. The van der Waals surface area contributed by atoms with Gasteiger partial charge in [-0.05, 0) is 55.4 Å². The maximum Gasteiger partial charge on any atom is 0.335 e. The van der Waals surface area contributed by atoms with Crippen molar-refractivity contribution in [1.82, 2.24) is 5.43 Å². The molecule has 6 heteroatoms. The van der Waals surface area contributed by atoms with E-state index < -0.39 is 5.97 Å². The molecule has 0 unspecified atom stereocenters. The normalized spacial score (nSPS) is 10.5. The average molecular weight is 327 g/mol. The molecule has 0 heterocycles. The van der Waals surface area contributed by atoms with Gasteiger partial charge in [0.15, 0.2) is 5.11 Å². The van der Waals surface area contributed by atoms with E-state index in [4.69, 9.17) is 17.3 Å². The van der Waals surface area contributed by atoms with E-state index in [1.165, 1.54) is 17.7 Å². The van der Waals surface area contributed by atoms with Crippen LogP contribution in [0.3, 0.4) is 0 Å². The Kier molecular flexibility index (Phi) is 5.43. The lowest BCUT2D eigenvalue weighted by molar-refractivity contribution is 0.0697. The summed E-state index contributed by atoms with van der Waals surface area (Å²) in [6.45, 7) is 4.04. The fourth-order valence-corrected chi connectivity index (χ4v) is 2.14. The molecular formula is C17H17N3O2S. The molecule has 2 aromatic rings. The van der Waals surface area contributed by atoms with Crippen LogP contribution in [-0.2, 0) is 0 Å². The number of carbonyl (C=O) groups is 1. The lowest BCUT2D eigenvalue weighted by atomic mass is 10.1. The lowest BCUT2D eigenvalue weighted by Gasteiger charge is -2.10. The topological polar surface area (TPSA) is 73.7 Å². The van der Waals surface area contributed by atoms with Crippen molar-refractivity contribution in [2.24, 2.45) is 5.10 Å². The Balaban J connectivity index is 1.92. The SMILES string of the molecule is Cc1ccc(NC(=S)NN=Cc2ccc(C(=O)O)cc2)c(C)c1. The zero-order chi connectivity index (χ0) is 16.8. The first-order valence-corrected chi connectivity index (χ1v) is 7.37. The zero-order valence-corrected chi connectivity index (χ0v) is 13.6. The number of hydrogen-bond acceptors (Lipinski definition) is 3. The third-order valence-corrected chi connectivity index (χ3v) is 3.36. The van der Waals surface area contributed by atoms with Crippen LogP contribution in [0.4, 0.5) is 5.69 Å². The number of rotatable bonds is 4. The first-order valence-electron chi connectivity index (χ1n) is 6.96. The summed E-state index contributed by atoms with van der Waals surface area (Å²) in [5, 5.41) is 16.3. The Morgan fingerprint density at radius 3 is 2.48 bits per heavy atom. The van der Waals surface area contributed by atoms with Gasteiger partial charge in [0.25, 0.3) is 0 Å². The number of hydrazone groups is 1. The molecule has 0 bridgehead atoms. The fourth-order valence-electron chi connectivity index (χ4n) is 1.98. The number of thiocarbonyl (C=S) groups is 1. The third-order valence-electron chi connectivity index (χ3n) is 3.17. The van der Waals surface area contributed by atoms with Crippen LogP contribution in [0.2, 0.25) is 0 Å². The van der Waals surface area contributed by atoms with Crippen LogP contribution in [-0.4, -0.2) is 22.4 Å². The summed E-state index contributed by atoms with van der Waals surface area (Å²) in [5.41, 5.74) is 6.96. The molecule has 23 heavy (non-hydrogen) atoms. The Morgan fingerprint density at radius 1 is 1.17 bits per heavy atom. The standard InChI is InChI=1S/C17H17N3O2S/c1-11-3-8-15(12(2)9-11)19-17(23)20-18-10-13-4-6-14(7-5-13)16(21)22/h3-10H,1-2H3,(H,21,22)(H2,19,20,23). The number of hydrogen-bond donors (Lipinski definition) is 3. The number of carboxylic acid groups (broad SMARTS) is 1. The largest absolute Gasteiger partial charge is 0.478 e. The third kappa shape index (κ3) is 4.89. The second-order valence-corrected chi connectivity index (χ2v) is 5.48. The maximum absolute atomic E-state index is 10.8. The predicted octanol–water partition coefficient (Wildman–Crippen LogP) is 3.32. The van der Waals surface area contributed by atoms with E-state index in [2.05, 4.69) is 21.9 Å². The van der Waals surface area contributed by atoms with Gasteiger partial charge in [-0.2, -0.15) is 5.10 Å². The fraction of sp³-hybridized carbons (Fsp3) is 0.118. The zero-order valence-electron chi connectivity index (χ0n) is 12.8. The second kappa shape index (κ2) is 7.51. The summed E-state index contributed by atoms with van der Waals surface area (Å²) in [4.78, 5) is 10.8. The number of anilines is 1. The summed E-state index contributed by atoms with van der Waals surface area (Å²) >= 11 is 5.19. The Hall–Kier alpha value is -2.73. The van der Waals surface area contributed by atoms with Crippen molar-refractivity contribution in [3.05, 3.63) is 64.7 Å². The Labute approximate surface area is 140 Å². The molecule has 0 fully saturated rings. The summed E-state index contributed by atoms with van der Waals surface area (Å²) in [7, 11) is 0. The van der Waals surface area contributed by atoms with E-state index in [0.29, 0.717) is 5.11 Å². The number of aryl methyl sites for hydroxylation is 2. The summed E-state index contributed by atoms with van der Waals surface area (Å²) in [6, 6.07) is 12.4. The molecule has 2 rings (SSSR count). The summed E-state index contributed by atoms with van der Waals surface area (Å²) < 4.78 is 0. The van der Waals surface area contributed by atoms with Crippen LogP contribution in [0.15, 0.2) is 47.6 Å². The summed E-state index contributed by atoms with van der Waals surface area (Å²) in [6.07, 6.45) is 1.57. The highest BCUT2D eigenvalue weighted by Crippen LogP contribution is 2.15. The molecule has 0 atom stereocenters. The molecule has 3 N–H and O–H groups in total. The van der Waals surface area contributed by atoms with Crippen molar-refractivity contribution in [3.8, 4) is 0 Å². The first-order chi connectivity index (χ1) is 11.0. The number of nitrogens with zero attached hydrogens (tertiary/aromatic N) is 1. The molecule has 0 saturated heterocycles. The van der Waals surface area contributed by atoms with Crippen LogP contribution in [0.5, 0.6) is 0 Å². The minimum absolute atomic E-state index is 0.238. The molecule has 0 spiro atoms. The first kappa shape index (κ1) is 16.6. The van der Waals surface area contributed by atoms with Crippen molar-refractivity contribution in [3.63, 3.8) is 0 Å². The van der Waals surface area contributed by atoms with Crippen LogP contribution in [0.1, 0.15) is 27.0 Å². The van der Waals surface area contributed by atoms with Gasteiger partial charge in [-0.15, -0.1) is 0 Å². The molecule has 5 nitrogen and oxygen atoms in total. The van der Waals surface area contributed by atoms with Crippen LogP contribution >= 0.6 is 12.2 Å². The number of carboxylic acids is 1. The van der Waals surface area contributed by atoms with E-state index in [0.717, 1.165) is 16.8 Å². The maximum atomic E-state index is 10.8. The van der Waals surface area contributed by atoms with E-state index in [-0.39, 0.29) is 5.56 Å². The molecule has 0 radical (unpaired) electrons. The molecule has 0 aliphatic rings. The molecule has 0 amide bonds. The molecule has 0 aromatic heterocycles. The molecule has 0 saturated carbocycles. The molecule has 0 aliphatic heterocycles. The quantitative estimate of drug-likeness (QED) is 0.456. The van der Waals surface area contributed by atoms with Gasteiger partial charge < -0.3 is 10.4 Å². The number of benzene rings is 2. The van der Waals surface area contributed by atoms with Gasteiger partial charge in [-0.25, -0.2) is 4.79 Å². The summed E-state index contributed by atoms with van der Waals surface area (Å²) in [5.74, 6) is -0.953. The van der Waals surface area contributed by atoms with Gasteiger partial charge in [0, 0.05) is 5.69 Å². The highest BCUT2D eigenvalue weighted by atomic mass is 32.1. The van der Waals surface area contributed by atoms with E-state index in [1.807, 2.05) is 26.0 Å². The van der Waals surface area contributed by atoms with Crippen molar-refractivity contribution < 1.29 is 9.90 Å². The van der Waals surface area contributed by atoms with Crippen LogP contribution in [0.25, 0.3) is 0 Å². The van der Waals surface area contributed by atoms with Crippen LogP contribution in [0, 0.1) is 13.8 Å². The minimum atomic E-state index is -0.953. The van der Waals surface area contributed by atoms with Crippen molar-refractivity contribution in [1.29, 1.82) is 0 Å². The average Bonchev–Trinajstić information content (AvgIpc) is 2.50. The van der Waals surface area contributed by atoms with E-state index >= 15 is 0 Å². The van der Waals surface area contributed by atoms with E-state index in [9.17, 15) is 4.79 Å². The van der Waals surface area contributed by atoms with Gasteiger partial charge >= 0.3 is 5.97 Å². The van der Waals surface area contributed by atoms with Gasteiger partial charge in [-0.1, -0.05) is 29.8 Å². The second-order valence-electron chi connectivity index (χ2n) is 5.07.